The standard InChI is InChI=1S/C10H10BrCl2NO2/c1-2-6(11)10(16)14-5-3-7(12)9(15)8(13)4-5/h3-4,6,15H,2H2,1H3,(H,14,16). The Balaban J connectivity index is 2.87. The van der Waals surface area contributed by atoms with E-state index in [0.29, 0.717) is 12.1 Å². The summed E-state index contributed by atoms with van der Waals surface area (Å²) in [6.07, 6.45) is 0.672. The zero-order chi connectivity index (χ0) is 12.3. The molecule has 0 aliphatic heterocycles. The third-order valence-corrected chi connectivity index (χ3v) is 3.57. The van der Waals surface area contributed by atoms with Gasteiger partial charge in [0.05, 0.1) is 14.9 Å². The van der Waals surface area contributed by atoms with Crippen molar-refractivity contribution in [3.63, 3.8) is 0 Å². The summed E-state index contributed by atoms with van der Waals surface area (Å²) in [7, 11) is 0. The largest absolute Gasteiger partial charge is 0.505 e. The van der Waals surface area contributed by atoms with Crippen molar-refractivity contribution in [1.29, 1.82) is 0 Å². The molecule has 0 heterocycles. The van der Waals surface area contributed by atoms with E-state index in [1.807, 2.05) is 6.92 Å². The minimum atomic E-state index is -0.265. The maximum absolute atomic E-state index is 11.5. The summed E-state index contributed by atoms with van der Waals surface area (Å²) in [6, 6.07) is 2.88. The highest BCUT2D eigenvalue weighted by molar-refractivity contribution is 9.10. The van der Waals surface area contributed by atoms with Crippen LogP contribution < -0.4 is 5.32 Å². The summed E-state index contributed by atoms with van der Waals surface area (Å²) in [5, 5.41) is 12.2. The van der Waals surface area contributed by atoms with Gasteiger partial charge in [-0.25, -0.2) is 0 Å². The highest BCUT2D eigenvalue weighted by Crippen LogP contribution is 2.34. The number of benzene rings is 1. The average molecular weight is 327 g/mol. The smallest absolute Gasteiger partial charge is 0.238 e. The van der Waals surface area contributed by atoms with Gasteiger partial charge in [0.25, 0.3) is 0 Å². The first kappa shape index (κ1) is 13.6. The van der Waals surface area contributed by atoms with Crippen molar-refractivity contribution >= 4 is 50.7 Å². The zero-order valence-corrected chi connectivity index (χ0v) is 11.5. The molecule has 88 valence electrons. The van der Waals surface area contributed by atoms with Gasteiger partial charge in [0.2, 0.25) is 5.91 Å². The Morgan fingerprint density at radius 3 is 2.44 bits per heavy atom. The Labute approximate surface area is 112 Å². The second kappa shape index (κ2) is 5.75. The van der Waals surface area contributed by atoms with E-state index in [9.17, 15) is 9.90 Å². The Hall–Kier alpha value is -0.450. The van der Waals surface area contributed by atoms with Crippen LogP contribution in [0.3, 0.4) is 0 Å². The number of phenols is 1. The number of carbonyl (C=O) groups excluding carboxylic acids is 1. The van der Waals surface area contributed by atoms with Crippen LogP contribution in [0.5, 0.6) is 5.75 Å². The van der Waals surface area contributed by atoms with Gasteiger partial charge in [0, 0.05) is 5.69 Å². The lowest BCUT2D eigenvalue weighted by molar-refractivity contribution is -0.115. The van der Waals surface area contributed by atoms with E-state index in [1.54, 1.807) is 0 Å². The monoisotopic (exact) mass is 325 g/mol. The fourth-order valence-corrected chi connectivity index (χ4v) is 1.65. The highest BCUT2D eigenvalue weighted by atomic mass is 79.9. The van der Waals surface area contributed by atoms with Gasteiger partial charge in [-0.05, 0) is 18.6 Å². The molecule has 1 aromatic carbocycles. The maximum atomic E-state index is 11.5. The lowest BCUT2D eigenvalue weighted by Crippen LogP contribution is -2.21. The molecule has 0 aromatic heterocycles. The van der Waals surface area contributed by atoms with Crippen molar-refractivity contribution in [2.75, 3.05) is 5.32 Å². The van der Waals surface area contributed by atoms with Crippen molar-refractivity contribution in [1.82, 2.24) is 0 Å². The van der Waals surface area contributed by atoms with E-state index in [2.05, 4.69) is 21.2 Å². The quantitative estimate of drug-likeness (QED) is 0.655. The molecule has 1 rings (SSSR count). The van der Waals surface area contributed by atoms with Crippen LogP contribution in [0.1, 0.15) is 13.3 Å². The summed E-state index contributed by atoms with van der Waals surface area (Å²) >= 11 is 14.7. The normalized spacial score (nSPS) is 12.2. The van der Waals surface area contributed by atoms with Crippen molar-refractivity contribution in [2.45, 2.75) is 18.2 Å². The second-order valence-corrected chi connectivity index (χ2v) is 5.07. The molecule has 0 saturated heterocycles. The van der Waals surface area contributed by atoms with Crippen molar-refractivity contribution < 1.29 is 9.90 Å². The molecule has 0 saturated carbocycles. The Morgan fingerprint density at radius 2 is 2.00 bits per heavy atom. The van der Waals surface area contributed by atoms with Gasteiger partial charge in [-0.2, -0.15) is 0 Å². The summed E-state index contributed by atoms with van der Waals surface area (Å²) < 4.78 is 0. The number of halogens is 3. The molecular formula is C10H10BrCl2NO2. The Kier molecular flexibility index (Phi) is 4.89. The first-order valence-electron chi connectivity index (χ1n) is 4.58. The average Bonchev–Trinajstić information content (AvgIpc) is 2.24. The minimum Gasteiger partial charge on any atom is -0.505 e. The van der Waals surface area contributed by atoms with Crippen LogP contribution in [0.2, 0.25) is 10.0 Å². The molecule has 1 unspecified atom stereocenters. The Morgan fingerprint density at radius 1 is 1.50 bits per heavy atom. The van der Waals surface area contributed by atoms with Gasteiger partial charge in [0.1, 0.15) is 0 Å². The van der Waals surface area contributed by atoms with Gasteiger partial charge in [-0.3, -0.25) is 4.79 Å². The van der Waals surface area contributed by atoms with Crippen molar-refractivity contribution in [2.24, 2.45) is 0 Å². The predicted octanol–water partition coefficient (Wildman–Crippen LogP) is 3.81. The molecule has 16 heavy (non-hydrogen) atoms. The fourth-order valence-electron chi connectivity index (χ4n) is 1.04. The van der Waals surface area contributed by atoms with Crippen LogP contribution in [0.15, 0.2) is 12.1 Å². The third kappa shape index (κ3) is 3.27. The van der Waals surface area contributed by atoms with Crippen molar-refractivity contribution in [3.05, 3.63) is 22.2 Å². The molecule has 0 fully saturated rings. The molecule has 2 N–H and O–H groups in total. The molecule has 1 aromatic rings. The molecule has 0 spiro atoms. The van der Waals surface area contributed by atoms with Crippen LogP contribution in [0.4, 0.5) is 5.69 Å². The first-order valence-corrected chi connectivity index (χ1v) is 6.25. The number of carbonyl (C=O) groups is 1. The van der Waals surface area contributed by atoms with Gasteiger partial charge in [-0.15, -0.1) is 0 Å². The molecule has 0 bridgehead atoms. The van der Waals surface area contributed by atoms with Crippen molar-refractivity contribution in [3.8, 4) is 5.75 Å². The van der Waals surface area contributed by atoms with Gasteiger partial charge < -0.3 is 10.4 Å². The molecule has 1 amide bonds. The topological polar surface area (TPSA) is 49.3 Å². The summed E-state index contributed by atoms with van der Waals surface area (Å²) in [5.74, 6) is -0.368. The number of amides is 1. The van der Waals surface area contributed by atoms with Gasteiger partial charge in [0.15, 0.2) is 5.75 Å². The van der Waals surface area contributed by atoms with Crippen LogP contribution in [0, 0.1) is 0 Å². The number of alkyl halides is 1. The van der Waals surface area contributed by atoms with Gasteiger partial charge >= 0.3 is 0 Å². The van der Waals surface area contributed by atoms with E-state index in [0.717, 1.165) is 0 Å². The van der Waals surface area contributed by atoms with Crippen LogP contribution in [0.25, 0.3) is 0 Å². The lowest BCUT2D eigenvalue weighted by atomic mass is 10.2. The molecule has 0 aliphatic rings. The SMILES string of the molecule is CCC(Br)C(=O)Nc1cc(Cl)c(O)c(Cl)c1. The van der Waals surface area contributed by atoms with E-state index in [1.165, 1.54) is 12.1 Å². The molecule has 1 atom stereocenters. The summed E-state index contributed by atoms with van der Waals surface area (Å²) in [4.78, 5) is 11.3. The molecule has 3 nitrogen and oxygen atoms in total. The van der Waals surface area contributed by atoms with E-state index in [-0.39, 0.29) is 26.5 Å². The highest BCUT2D eigenvalue weighted by Gasteiger charge is 2.14. The molecule has 0 radical (unpaired) electrons. The van der Waals surface area contributed by atoms with Crippen LogP contribution in [-0.4, -0.2) is 15.8 Å². The van der Waals surface area contributed by atoms with E-state index >= 15 is 0 Å². The zero-order valence-electron chi connectivity index (χ0n) is 8.43. The fraction of sp³-hybridized carbons (Fsp3) is 0.300. The molecule has 0 aliphatic carbocycles. The maximum Gasteiger partial charge on any atom is 0.238 e. The number of aromatic hydroxyl groups is 1. The van der Waals surface area contributed by atoms with Gasteiger partial charge in [-0.1, -0.05) is 46.1 Å². The van der Waals surface area contributed by atoms with E-state index < -0.39 is 0 Å². The number of anilines is 1. The lowest BCUT2D eigenvalue weighted by Gasteiger charge is -2.10. The third-order valence-electron chi connectivity index (χ3n) is 1.93. The summed E-state index contributed by atoms with van der Waals surface area (Å²) in [6.45, 7) is 1.88. The molecular weight excluding hydrogens is 317 g/mol. The summed E-state index contributed by atoms with van der Waals surface area (Å²) in [5.41, 5.74) is 0.454. The van der Waals surface area contributed by atoms with Crippen LogP contribution >= 0.6 is 39.1 Å². The Bertz CT molecular complexity index is 389. The number of nitrogens with one attached hydrogen (secondary N) is 1. The number of rotatable bonds is 3. The number of hydrogen-bond donors (Lipinski definition) is 2. The minimum absolute atomic E-state index is 0.102. The predicted molar refractivity (Wildman–Crippen MR) is 69.8 cm³/mol. The van der Waals surface area contributed by atoms with Crippen LogP contribution in [-0.2, 0) is 4.79 Å². The number of hydrogen-bond acceptors (Lipinski definition) is 2. The number of phenolic OH excluding ortho intramolecular Hbond substituents is 1. The molecule has 6 heteroatoms. The van der Waals surface area contributed by atoms with E-state index in [4.69, 9.17) is 23.2 Å². The second-order valence-electron chi connectivity index (χ2n) is 3.15. The first-order chi connectivity index (χ1) is 7.45.